The van der Waals surface area contributed by atoms with Crippen LogP contribution in [0.15, 0.2) is 46.3 Å². The zero-order valence-electron chi connectivity index (χ0n) is 13.8. The number of carbonyl (C=O) groups excluding carboxylic acids is 1. The number of carbonyl (C=O) groups is 2. The predicted molar refractivity (Wildman–Crippen MR) is 122 cm³/mol. The molecule has 1 saturated heterocycles. The normalized spacial score (nSPS) is 17.1. The number of nitrogens with zero attached hydrogens (tertiary/aromatic N) is 2. The van der Waals surface area contributed by atoms with Gasteiger partial charge in [-0.3, -0.25) is 9.69 Å². The first kappa shape index (κ1) is 20.1. The van der Waals surface area contributed by atoms with Crippen LogP contribution in [0, 0.1) is 7.14 Å². The van der Waals surface area contributed by atoms with Crippen molar-refractivity contribution >= 4 is 85.8 Å². The maximum absolute atomic E-state index is 12.5. The van der Waals surface area contributed by atoms with E-state index in [-0.39, 0.29) is 17.2 Å². The molecule has 0 aromatic heterocycles. The Morgan fingerprint density at radius 3 is 2.70 bits per heavy atom. The molecule has 3 rings (SSSR count). The lowest BCUT2D eigenvalue weighted by molar-refractivity contribution is -0.121. The van der Waals surface area contributed by atoms with E-state index in [4.69, 9.17) is 5.11 Å². The number of rotatable bonds is 3. The summed E-state index contributed by atoms with van der Waals surface area (Å²) in [6, 6.07) is 9.85. The summed E-state index contributed by atoms with van der Waals surface area (Å²) < 4.78 is 1.65. The Balaban J connectivity index is 1.96. The third kappa shape index (κ3) is 4.46. The van der Waals surface area contributed by atoms with Gasteiger partial charge in [0.15, 0.2) is 5.17 Å². The van der Waals surface area contributed by atoms with Crippen LogP contribution in [0.3, 0.4) is 0 Å². The fourth-order valence-corrected chi connectivity index (χ4v) is 5.18. The summed E-state index contributed by atoms with van der Waals surface area (Å²) in [5.74, 6) is -1.15. The summed E-state index contributed by atoms with van der Waals surface area (Å²) >= 11 is 5.37. The Morgan fingerprint density at radius 1 is 1.26 bits per heavy atom. The first-order valence-corrected chi connectivity index (χ1v) is 10.5. The molecule has 1 heterocycles. The lowest BCUT2D eigenvalue weighted by Gasteiger charge is -2.07. The van der Waals surface area contributed by atoms with Gasteiger partial charge in [0.25, 0.3) is 5.91 Å². The van der Waals surface area contributed by atoms with E-state index < -0.39 is 5.97 Å². The molecule has 27 heavy (non-hydrogen) atoms. The van der Waals surface area contributed by atoms with Crippen LogP contribution in [0.2, 0.25) is 0 Å². The van der Waals surface area contributed by atoms with Crippen molar-refractivity contribution in [2.75, 3.05) is 7.05 Å². The molecule has 1 fully saturated rings. The minimum absolute atomic E-state index is 0.124. The van der Waals surface area contributed by atoms with Crippen LogP contribution < -0.4 is 0 Å². The predicted octanol–water partition coefficient (Wildman–Crippen LogP) is 4.53. The number of phenolic OH excluding ortho intramolecular Hbond substituents is 1. The van der Waals surface area contributed by atoms with Crippen LogP contribution in [-0.2, 0) is 4.79 Å². The van der Waals surface area contributed by atoms with Crippen molar-refractivity contribution in [1.29, 1.82) is 0 Å². The fourth-order valence-electron chi connectivity index (χ4n) is 2.31. The number of likely N-dealkylation sites (N-methyl/N-ethyl adjacent to an activating group) is 1. The summed E-state index contributed by atoms with van der Waals surface area (Å²) in [6.07, 6.45) is 1.64. The van der Waals surface area contributed by atoms with Gasteiger partial charge in [-0.2, -0.15) is 0 Å². The third-order valence-corrected chi connectivity index (χ3v) is 6.17. The van der Waals surface area contributed by atoms with E-state index in [2.05, 4.69) is 27.6 Å². The van der Waals surface area contributed by atoms with E-state index in [1.165, 1.54) is 28.8 Å². The minimum atomic E-state index is -1.04. The van der Waals surface area contributed by atoms with Crippen LogP contribution in [0.25, 0.3) is 6.08 Å². The van der Waals surface area contributed by atoms with Crippen molar-refractivity contribution in [3.63, 3.8) is 0 Å². The second-order valence-corrected chi connectivity index (χ2v) is 8.97. The molecule has 2 N–H and O–H groups in total. The van der Waals surface area contributed by atoms with E-state index in [9.17, 15) is 14.7 Å². The molecule has 1 amide bonds. The highest BCUT2D eigenvalue weighted by atomic mass is 127. The standard InChI is InChI=1S/C18H12I2N2O4S/c1-22-16(24)14(7-10-5-11(19)8-13(20)15(10)23)27-18(22)21-12-4-2-3-9(6-12)17(25)26/h2-8,23H,1H3,(H,25,26)/b14-7-,21-18?. The van der Waals surface area contributed by atoms with E-state index in [1.807, 2.05) is 28.7 Å². The maximum atomic E-state index is 12.5. The van der Waals surface area contributed by atoms with Crippen LogP contribution >= 0.6 is 56.9 Å². The zero-order chi connectivity index (χ0) is 19.7. The number of amides is 1. The number of amidine groups is 1. The molecule has 0 atom stereocenters. The smallest absolute Gasteiger partial charge is 0.335 e. The summed E-state index contributed by atoms with van der Waals surface area (Å²) in [5, 5.41) is 19.8. The quantitative estimate of drug-likeness (QED) is 0.396. The number of aliphatic imine (C=N–C) groups is 1. The summed E-state index contributed by atoms with van der Waals surface area (Å²) in [7, 11) is 1.61. The van der Waals surface area contributed by atoms with Gasteiger partial charge in [0.1, 0.15) is 5.75 Å². The van der Waals surface area contributed by atoms with Crippen molar-refractivity contribution in [1.82, 2.24) is 4.90 Å². The van der Waals surface area contributed by atoms with E-state index in [1.54, 1.807) is 31.3 Å². The second kappa shape index (κ2) is 8.19. The van der Waals surface area contributed by atoms with Gasteiger partial charge in [-0.05, 0) is 93.4 Å². The topological polar surface area (TPSA) is 90.2 Å². The first-order chi connectivity index (χ1) is 12.8. The molecule has 9 heteroatoms. The second-order valence-electron chi connectivity index (χ2n) is 5.55. The lowest BCUT2D eigenvalue weighted by Crippen LogP contribution is -2.23. The van der Waals surface area contributed by atoms with Crippen LogP contribution in [-0.4, -0.2) is 39.2 Å². The van der Waals surface area contributed by atoms with Gasteiger partial charge >= 0.3 is 5.97 Å². The van der Waals surface area contributed by atoms with Gasteiger partial charge in [-0.15, -0.1) is 0 Å². The average molecular weight is 606 g/mol. The molecule has 1 aliphatic rings. The molecule has 0 radical (unpaired) electrons. The highest BCUT2D eigenvalue weighted by Crippen LogP contribution is 2.36. The van der Waals surface area contributed by atoms with Gasteiger partial charge in [0.2, 0.25) is 0 Å². The monoisotopic (exact) mass is 606 g/mol. The Kier molecular flexibility index (Phi) is 6.11. The highest BCUT2D eigenvalue weighted by Gasteiger charge is 2.30. The van der Waals surface area contributed by atoms with Crippen molar-refractivity contribution in [2.24, 2.45) is 4.99 Å². The zero-order valence-corrected chi connectivity index (χ0v) is 18.9. The van der Waals surface area contributed by atoms with Crippen LogP contribution in [0.4, 0.5) is 5.69 Å². The number of halogens is 2. The number of aromatic carboxylic acids is 1. The fraction of sp³-hybridized carbons (Fsp3) is 0.0556. The number of carboxylic acid groups (broad SMARTS) is 1. The molecule has 0 saturated carbocycles. The molecule has 0 aliphatic carbocycles. The van der Waals surface area contributed by atoms with Gasteiger partial charge in [-0.1, -0.05) is 6.07 Å². The number of carboxylic acids is 1. The summed E-state index contributed by atoms with van der Waals surface area (Å²) in [4.78, 5) is 29.9. The largest absolute Gasteiger partial charge is 0.506 e. The molecular formula is C18H12I2N2O4S. The van der Waals surface area contributed by atoms with Crippen molar-refractivity contribution in [3.05, 3.63) is 59.6 Å². The Hall–Kier alpha value is -1.60. The molecule has 2 aromatic rings. The van der Waals surface area contributed by atoms with Crippen LogP contribution in [0.1, 0.15) is 15.9 Å². The van der Waals surface area contributed by atoms with E-state index in [0.29, 0.717) is 24.9 Å². The molecule has 138 valence electrons. The summed E-state index contributed by atoms with van der Waals surface area (Å²) in [5.41, 5.74) is 1.14. The molecule has 0 spiro atoms. The summed E-state index contributed by atoms with van der Waals surface area (Å²) in [6.45, 7) is 0. The molecule has 2 aromatic carbocycles. The van der Waals surface area contributed by atoms with Crippen LogP contribution in [0.5, 0.6) is 5.75 Å². The van der Waals surface area contributed by atoms with Gasteiger partial charge < -0.3 is 10.2 Å². The first-order valence-electron chi connectivity index (χ1n) is 7.54. The van der Waals surface area contributed by atoms with Crippen molar-refractivity contribution < 1.29 is 19.8 Å². The molecule has 0 bridgehead atoms. The number of aromatic hydroxyl groups is 1. The minimum Gasteiger partial charge on any atom is -0.506 e. The number of hydrogen-bond donors (Lipinski definition) is 2. The Labute approximate surface area is 186 Å². The third-order valence-electron chi connectivity index (χ3n) is 3.67. The highest BCUT2D eigenvalue weighted by molar-refractivity contribution is 14.1. The SMILES string of the molecule is CN1C(=O)/C(=C/c2cc(I)cc(I)c2O)SC1=Nc1cccc(C(=O)O)c1. The Bertz CT molecular complexity index is 1020. The van der Waals surface area contributed by atoms with E-state index in [0.717, 1.165) is 3.57 Å². The number of hydrogen-bond acceptors (Lipinski definition) is 5. The Morgan fingerprint density at radius 2 is 2.00 bits per heavy atom. The van der Waals surface area contributed by atoms with Gasteiger partial charge in [0, 0.05) is 16.2 Å². The van der Waals surface area contributed by atoms with Crippen molar-refractivity contribution in [2.45, 2.75) is 0 Å². The van der Waals surface area contributed by atoms with Crippen molar-refractivity contribution in [3.8, 4) is 5.75 Å². The number of phenols is 1. The average Bonchev–Trinajstić information content (AvgIpc) is 2.87. The number of thioether (sulfide) groups is 1. The van der Waals surface area contributed by atoms with Gasteiger partial charge in [-0.25, -0.2) is 9.79 Å². The molecule has 0 unspecified atom stereocenters. The number of benzene rings is 2. The maximum Gasteiger partial charge on any atom is 0.335 e. The molecule has 6 nitrogen and oxygen atoms in total. The van der Waals surface area contributed by atoms with E-state index >= 15 is 0 Å². The lowest BCUT2D eigenvalue weighted by atomic mass is 10.2. The molecule has 1 aliphatic heterocycles. The van der Waals surface area contributed by atoms with Gasteiger partial charge in [0.05, 0.1) is 19.7 Å². The molecular weight excluding hydrogens is 594 g/mol.